The van der Waals surface area contributed by atoms with Crippen LogP contribution in [0.2, 0.25) is 4.34 Å². The molecule has 0 saturated carbocycles. The second-order valence-corrected chi connectivity index (χ2v) is 7.16. The minimum absolute atomic E-state index is 0.0747. The lowest BCUT2D eigenvalue weighted by molar-refractivity contribution is 0.0636. The van der Waals surface area contributed by atoms with E-state index in [0.717, 1.165) is 29.8 Å². The average Bonchev–Trinajstić information content (AvgIpc) is 2.90. The van der Waals surface area contributed by atoms with E-state index in [1.807, 2.05) is 41.3 Å². The summed E-state index contributed by atoms with van der Waals surface area (Å²) in [7, 11) is 0. The number of amides is 1. The molecule has 1 aromatic carbocycles. The molecule has 0 N–H and O–H groups in total. The molecule has 2 aromatic rings. The van der Waals surface area contributed by atoms with Gasteiger partial charge in [-0.2, -0.15) is 0 Å². The van der Waals surface area contributed by atoms with E-state index in [4.69, 9.17) is 11.6 Å². The number of hydrogen-bond donors (Lipinski definition) is 0. The molecule has 1 aliphatic heterocycles. The minimum Gasteiger partial charge on any atom is -0.336 e. The molecular weight excluding hydrogens is 302 g/mol. The summed E-state index contributed by atoms with van der Waals surface area (Å²) in [5, 5.41) is 0. The van der Waals surface area contributed by atoms with Gasteiger partial charge >= 0.3 is 0 Å². The van der Waals surface area contributed by atoms with Crippen LogP contribution < -0.4 is 0 Å². The van der Waals surface area contributed by atoms with Crippen LogP contribution in [-0.2, 0) is 0 Å². The first-order valence-corrected chi connectivity index (χ1v) is 8.52. The Bertz CT molecular complexity index is 637. The Morgan fingerprint density at radius 3 is 2.76 bits per heavy atom. The van der Waals surface area contributed by atoms with Gasteiger partial charge in [0.15, 0.2) is 0 Å². The first-order valence-electron chi connectivity index (χ1n) is 7.32. The van der Waals surface area contributed by atoms with Crippen LogP contribution in [0.4, 0.5) is 0 Å². The molecule has 2 nitrogen and oxygen atoms in total. The minimum atomic E-state index is 0.0747. The molecule has 0 spiro atoms. The van der Waals surface area contributed by atoms with Crippen molar-refractivity contribution >= 4 is 28.8 Å². The van der Waals surface area contributed by atoms with E-state index in [0.29, 0.717) is 15.9 Å². The maximum absolute atomic E-state index is 12.7. The summed E-state index contributed by atoms with van der Waals surface area (Å²) < 4.78 is 0.594. The van der Waals surface area contributed by atoms with Crippen LogP contribution in [-0.4, -0.2) is 23.4 Å². The van der Waals surface area contributed by atoms with Crippen molar-refractivity contribution in [2.75, 3.05) is 6.54 Å². The molecule has 4 heteroatoms. The van der Waals surface area contributed by atoms with Crippen LogP contribution in [0.5, 0.6) is 0 Å². The van der Waals surface area contributed by atoms with Crippen LogP contribution in [0.3, 0.4) is 0 Å². The van der Waals surface area contributed by atoms with Crippen molar-refractivity contribution in [2.24, 2.45) is 0 Å². The fourth-order valence-corrected chi connectivity index (χ4v) is 4.08. The molecule has 1 fully saturated rings. The van der Waals surface area contributed by atoms with Crippen molar-refractivity contribution in [3.05, 3.63) is 46.3 Å². The smallest absolute Gasteiger partial charge is 0.256 e. The molecule has 1 unspecified atom stereocenters. The lowest BCUT2D eigenvalue weighted by Gasteiger charge is -2.33. The van der Waals surface area contributed by atoms with E-state index in [2.05, 4.69) is 6.92 Å². The summed E-state index contributed by atoms with van der Waals surface area (Å²) in [6.07, 6.45) is 3.37. The number of nitrogens with zero attached hydrogens (tertiary/aromatic N) is 1. The highest BCUT2D eigenvalue weighted by molar-refractivity contribution is 7.19. The fourth-order valence-electron chi connectivity index (χ4n) is 2.81. The molecule has 0 aliphatic carbocycles. The van der Waals surface area contributed by atoms with Crippen molar-refractivity contribution in [1.29, 1.82) is 0 Å². The number of thiophene rings is 1. The average molecular weight is 320 g/mol. The van der Waals surface area contributed by atoms with Gasteiger partial charge in [-0.05, 0) is 37.8 Å². The molecule has 1 aliphatic rings. The van der Waals surface area contributed by atoms with Crippen LogP contribution in [0, 0.1) is 0 Å². The number of hydrogen-bond acceptors (Lipinski definition) is 2. The Labute approximate surface area is 134 Å². The lowest BCUT2D eigenvalue weighted by Crippen LogP contribution is -2.41. The number of benzene rings is 1. The molecule has 1 saturated heterocycles. The van der Waals surface area contributed by atoms with Gasteiger partial charge in [-0.1, -0.05) is 41.9 Å². The summed E-state index contributed by atoms with van der Waals surface area (Å²) in [5.74, 6) is 0.0747. The van der Waals surface area contributed by atoms with Crippen molar-refractivity contribution in [3.63, 3.8) is 0 Å². The van der Waals surface area contributed by atoms with Crippen molar-refractivity contribution in [1.82, 2.24) is 4.90 Å². The zero-order valence-electron chi connectivity index (χ0n) is 12.0. The standard InChI is InChI=1S/C17H18ClNOS/c1-12-7-5-6-10-19(12)17(20)14-11-15(21-16(14)18)13-8-3-2-4-9-13/h2-4,8-9,11-12H,5-7,10H2,1H3. The second kappa shape index (κ2) is 6.20. The molecule has 3 rings (SSSR count). The Kier molecular flexibility index (Phi) is 4.32. The molecule has 1 amide bonds. The first kappa shape index (κ1) is 14.6. The van der Waals surface area contributed by atoms with E-state index < -0.39 is 0 Å². The van der Waals surface area contributed by atoms with E-state index >= 15 is 0 Å². The van der Waals surface area contributed by atoms with E-state index in [1.54, 1.807) is 0 Å². The summed E-state index contributed by atoms with van der Waals surface area (Å²) >= 11 is 7.81. The van der Waals surface area contributed by atoms with E-state index in [1.165, 1.54) is 17.8 Å². The van der Waals surface area contributed by atoms with Crippen LogP contribution >= 0.6 is 22.9 Å². The van der Waals surface area contributed by atoms with Gasteiger partial charge in [-0.3, -0.25) is 4.79 Å². The summed E-state index contributed by atoms with van der Waals surface area (Å²) in [6, 6.07) is 12.3. The van der Waals surface area contributed by atoms with Crippen molar-refractivity contribution in [3.8, 4) is 10.4 Å². The van der Waals surface area contributed by atoms with Gasteiger partial charge < -0.3 is 4.90 Å². The monoisotopic (exact) mass is 319 g/mol. The van der Waals surface area contributed by atoms with Gasteiger partial charge in [0.05, 0.1) is 5.56 Å². The molecule has 0 bridgehead atoms. The highest BCUT2D eigenvalue weighted by Gasteiger charge is 2.27. The molecule has 21 heavy (non-hydrogen) atoms. The van der Waals surface area contributed by atoms with Gasteiger partial charge in [0.25, 0.3) is 5.91 Å². The number of likely N-dealkylation sites (tertiary alicyclic amines) is 1. The van der Waals surface area contributed by atoms with E-state index in [9.17, 15) is 4.79 Å². The zero-order chi connectivity index (χ0) is 14.8. The zero-order valence-corrected chi connectivity index (χ0v) is 13.6. The Morgan fingerprint density at radius 2 is 2.05 bits per heavy atom. The Morgan fingerprint density at radius 1 is 1.29 bits per heavy atom. The number of rotatable bonds is 2. The quantitative estimate of drug-likeness (QED) is 0.755. The number of piperidine rings is 1. The highest BCUT2D eigenvalue weighted by Crippen LogP contribution is 2.36. The first-order chi connectivity index (χ1) is 10.2. The summed E-state index contributed by atoms with van der Waals surface area (Å²) in [5.41, 5.74) is 1.75. The van der Waals surface area contributed by atoms with Gasteiger partial charge in [0, 0.05) is 17.5 Å². The predicted octanol–water partition coefficient (Wildman–Crippen LogP) is 5.08. The van der Waals surface area contributed by atoms with Crippen LogP contribution in [0.25, 0.3) is 10.4 Å². The molecular formula is C17H18ClNOS. The number of halogens is 1. The van der Waals surface area contributed by atoms with Crippen LogP contribution in [0.15, 0.2) is 36.4 Å². The van der Waals surface area contributed by atoms with E-state index in [-0.39, 0.29) is 5.91 Å². The summed E-state index contributed by atoms with van der Waals surface area (Å²) in [4.78, 5) is 15.7. The van der Waals surface area contributed by atoms with Gasteiger partial charge in [0.1, 0.15) is 4.34 Å². The molecule has 1 atom stereocenters. The second-order valence-electron chi connectivity index (χ2n) is 5.51. The molecule has 1 aromatic heterocycles. The van der Waals surface area contributed by atoms with Crippen LogP contribution in [0.1, 0.15) is 36.5 Å². The van der Waals surface area contributed by atoms with Crippen molar-refractivity contribution < 1.29 is 4.79 Å². The third-order valence-electron chi connectivity index (χ3n) is 4.04. The van der Waals surface area contributed by atoms with Gasteiger partial charge in [0.2, 0.25) is 0 Å². The SMILES string of the molecule is CC1CCCCN1C(=O)c1cc(-c2ccccc2)sc1Cl. The molecule has 0 radical (unpaired) electrons. The van der Waals surface area contributed by atoms with Gasteiger partial charge in [-0.25, -0.2) is 0 Å². The largest absolute Gasteiger partial charge is 0.336 e. The predicted molar refractivity (Wildman–Crippen MR) is 89.1 cm³/mol. The Balaban J connectivity index is 1.89. The molecule has 110 valence electrons. The topological polar surface area (TPSA) is 20.3 Å². The number of carbonyl (C=O) groups excluding carboxylic acids is 1. The third kappa shape index (κ3) is 2.99. The number of carbonyl (C=O) groups is 1. The summed E-state index contributed by atoms with van der Waals surface area (Å²) in [6.45, 7) is 2.96. The maximum atomic E-state index is 12.7. The highest BCUT2D eigenvalue weighted by atomic mass is 35.5. The maximum Gasteiger partial charge on any atom is 0.256 e. The van der Waals surface area contributed by atoms with Crippen molar-refractivity contribution in [2.45, 2.75) is 32.2 Å². The van der Waals surface area contributed by atoms with Gasteiger partial charge in [-0.15, -0.1) is 11.3 Å². The fraction of sp³-hybridized carbons (Fsp3) is 0.353. The third-order valence-corrected chi connectivity index (χ3v) is 5.45. The molecule has 2 heterocycles. The normalized spacial score (nSPS) is 18.8. The Hall–Kier alpha value is -1.32. The lowest BCUT2D eigenvalue weighted by atomic mass is 10.0.